The molecule has 4 heteroatoms. The maximum atomic E-state index is 9.87. The van der Waals surface area contributed by atoms with Gasteiger partial charge in [0.25, 0.3) is 0 Å². The summed E-state index contributed by atoms with van der Waals surface area (Å²) in [6.07, 6.45) is 1.85. The smallest absolute Gasteiger partial charge is 0.125 e. The van der Waals surface area contributed by atoms with Crippen molar-refractivity contribution in [3.8, 4) is 17.0 Å². The first-order valence-corrected chi connectivity index (χ1v) is 7.41. The first-order chi connectivity index (χ1) is 10.6. The van der Waals surface area contributed by atoms with E-state index >= 15 is 0 Å². The van der Waals surface area contributed by atoms with Crippen LogP contribution in [0, 0.1) is 0 Å². The van der Waals surface area contributed by atoms with E-state index in [1.54, 1.807) is 16.8 Å². The van der Waals surface area contributed by atoms with Crippen LogP contribution in [0.2, 0.25) is 0 Å². The van der Waals surface area contributed by atoms with Gasteiger partial charge in [-0.05, 0) is 29.2 Å². The maximum absolute atomic E-state index is 9.87. The van der Waals surface area contributed by atoms with Crippen LogP contribution in [0.15, 0.2) is 54.7 Å². The fourth-order valence-electron chi connectivity index (χ4n) is 2.38. The number of phenols is 1. The zero-order chi connectivity index (χ0) is 15.5. The first kappa shape index (κ1) is 14.3. The van der Waals surface area contributed by atoms with E-state index in [2.05, 4.69) is 48.4 Å². The molecule has 1 heterocycles. The number of hydrogen-bond donors (Lipinski definition) is 1. The molecule has 0 aliphatic rings. The van der Waals surface area contributed by atoms with E-state index in [9.17, 15) is 5.11 Å². The normalized spacial score (nSPS) is 11.0. The van der Waals surface area contributed by atoms with Crippen molar-refractivity contribution >= 4 is 0 Å². The summed E-state index contributed by atoms with van der Waals surface area (Å²) in [5, 5.41) is 18.2. The summed E-state index contributed by atoms with van der Waals surface area (Å²) in [6, 6.07) is 15.7. The van der Waals surface area contributed by atoms with Gasteiger partial charge in [-0.1, -0.05) is 55.5 Å². The molecule has 0 fully saturated rings. The van der Waals surface area contributed by atoms with Crippen molar-refractivity contribution in [2.24, 2.45) is 0 Å². The summed E-state index contributed by atoms with van der Waals surface area (Å²) in [5.74, 6) is 0.754. The zero-order valence-corrected chi connectivity index (χ0v) is 12.8. The standard InChI is InChI=1S/C18H19N3O/c1-13(2)15-9-7-14(8-10-15)11-21-12-17(19-20-21)16-5-3-4-6-18(16)22/h3-10,12-13,22H,11H2,1-2H3. The third kappa shape index (κ3) is 3.01. The van der Waals surface area contributed by atoms with E-state index in [0.29, 0.717) is 23.7 Å². The van der Waals surface area contributed by atoms with Crippen molar-refractivity contribution in [3.63, 3.8) is 0 Å². The van der Waals surface area contributed by atoms with Gasteiger partial charge in [0, 0.05) is 5.56 Å². The molecule has 0 atom stereocenters. The maximum Gasteiger partial charge on any atom is 0.125 e. The van der Waals surface area contributed by atoms with Crippen LogP contribution < -0.4 is 0 Å². The lowest BCUT2D eigenvalue weighted by molar-refractivity contribution is 0.477. The molecule has 0 amide bonds. The van der Waals surface area contributed by atoms with Gasteiger partial charge in [0.05, 0.1) is 12.7 Å². The summed E-state index contributed by atoms with van der Waals surface area (Å²) in [5.41, 5.74) is 3.89. The molecule has 0 bridgehead atoms. The highest BCUT2D eigenvalue weighted by molar-refractivity contribution is 5.65. The molecule has 1 aromatic heterocycles. The molecule has 1 N–H and O–H groups in total. The lowest BCUT2D eigenvalue weighted by Crippen LogP contribution is -2.00. The highest BCUT2D eigenvalue weighted by Gasteiger charge is 2.08. The highest BCUT2D eigenvalue weighted by Crippen LogP contribution is 2.26. The van der Waals surface area contributed by atoms with Crippen LogP contribution in [-0.2, 0) is 6.54 Å². The Balaban J connectivity index is 1.78. The van der Waals surface area contributed by atoms with Gasteiger partial charge in [-0.25, -0.2) is 4.68 Å². The van der Waals surface area contributed by atoms with Crippen LogP contribution in [0.5, 0.6) is 5.75 Å². The van der Waals surface area contributed by atoms with E-state index in [-0.39, 0.29) is 5.75 Å². The largest absolute Gasteiger partial charge is 0.507 e. The van der Waals surface area contributed by atoms with Gasteiger partial charge in [-0.15, -0.1) is 5.10 Å². The summed E-state index contributed by atoms with van der Waals surface area (Å²) >= 11 is 0. The number of nitrogens with zero attached hydrogens (tertiary/aromatic N) is 3. The molecule has 4 nitrogen and oxygen atoms in total. The van der Waals surface area contributed by atoms with Crippen LogP contribution in [0.1, 0.15) is 30.9 Å². The topological polar surface area (TPSA) is 50.9 Å². The fraction of sp³-hybridized carbons (Fsp3) is 0.222. The second-order valence-corrected chi connectivity index (χ2v) is 5.71. The van der Waals surface area contributed by atoms with Crippen LogP contribution >= 0.6 is 0 Å². The van der Waals surface area contributed by atoms with Gasteiger partial charge in [0.1, 0.15) is 11.4 Å². The lowest BCUT2D eigenvalue weighted by atomic mass is 10.0. The van der Waals surface area contributed by atoms with Gasteiger partial charge in [0.2, 0.25) is 0 Å². The molecule has 0 aliphatic heterocycles. The number of benzene rings is 2. The third-order valence-electron chi connectivity index (χ3n) is 3.71. The van der Waals surface area contributed by atoms with E-state index < -0.39 is 0 Å². The summed E-state index contributed by atoms with van der Waals surface area (Å²) in [6.45, 7) is 5.04. The second-order valence-electron chi connectivity index (χ2n) is 5.71. The van der Waals surface area contributed by atoms with Crippen molar-refractivity contribution in [2.75, 3.05) is 0 Å². The molecule has 3 rings (SSSR count). The van der Waals surface area contributed by atoms with E-state index in [1.165, 1.54) is 11.1 Å². The zero-order valence-electron chi connectivity index (χ0n) is 12.8. The molecule has 0 saturated heterocycles. The summed E-state index contributed by atoms with van der Waals surface area (Å²) in [4.78, 5) is 0. The van der Waals surface area contributed by atoms with E-state index in [1.807, 2.05) is 18.3 Å². The lowest BCUT2D eigenvalue weighted by Gasteiger charge is -2.06. The Bertz CT molecular complexity index is 760. The first-order valence-electron chi connectivity index (χ1n) is 7.41. The summed E-state index contributed by atoms with van der Waals surface area (Å²) in [7, 11) is 0. The minimum absolute atomic E-state index is 0.218. The minimum Gasteiger partial charge on any atom is -0.507 e. The van der Waals surface area contributed by atoms with Gasteiger partial charge in [0.15, 0.2) is 0 Å². The van der Waals surface area contributed by atoms with Crippen molar-refractivity contribution < 1.29 is 5.11 Å². The Morgan fingerprint density at radius 2 is 1.77 bits per heavy atom. The number of rotatable bonds is 4. The predicted octanol–water partition coefficient (Wildman–Crippen LogP) is 3.82. The van der Waals surface area contributed by atoms with Gasteiger partial charge in [-0.3, -0.25) is 0 Å². The quantitative estimate of drug-likeness (QED) is 0.795. The monoisotopic (exact) mass is 293 g/mol. The molecule has 112 valence electrons. The van der Waals surface area contributed by atoms with Gasteiger partial charge >= 0.3 is 0 Å². The van der Waals surface area contributed by atoms with E-state index in [4.69, 9.17) is 0 Å². The Morgan fingerprint density at radius 3 is 2.45 bits per heavy atom. The Morgan fingerprint density at radius 1 is 1.05 bits per heavy atom. The number of para-hydroxylation sites is 1. The Labute approximate surface area is 130 Å². The predicted molar refractivity (Wildman–Crippen MR) is 86.8 cm³/mol. The average Bonchev–Trinajstić information content (AvgIpc) is 2.96. The van der Waals surface area contributed by atoms with Crippen molar-refractivity contribution in [2.45, 2.75) is 26.3 Å². The molecule has 0 radical (unpaired) electrons. The molecule has 0 spiro atoms. The van der Waals surface area contributed by atoms with Gasteiger partial charge in [-0.2, -0.15) is 0 Å². The molecule has 2 aromatic carbocycles. The van der Waals surface area contributed by atoms with Gasteiger partial charge < -0.3 is 5.11 Å². The molecule has 0 unspecified atom stereocenters. The van der Waals surface area contributed by atoms with Crippen LogP contribution in [0.3, 0.4) is 0 Å². The molecule has 0 saturated carbocycles. The second kappa shape index (κ2) is 6.02. The van der Waals surface area contributed by atoms with Crippen molar-refractivity contribution in [1.29, 1.82) is 0 Å². The van der Waals surface area contributed by atoms with Crippen LogP contribution in [0.4, 0.5) is 0 Å². The molecular weight excluding hydrogens is 274 g/mol. The molecule has 3 aromatic rings. The summed E-state index contributed by atoms with van der Waals surface area (Å²) < 4.78 is 1.78. The number of aromatic nitrogens is 3. The van der Waals surface area contributed by atoms with Crippen molar-refractivity contribution in [3.05, 3.63) is 65.9 Å². The van der Waals surface area contributed by atoms with E-state index in [0.717, 1.165) is 0 Å². The molecule has 22 heavy (non-hydrogen) atoms. The fourth-order valence-corrected chi connectivity index (χ4v) is 2.38. The SMILES string of the molecule is CC(C)c1ccc(Cn2cc(-c3ccccc3O)nn2)cc1. The average molecular weight is 293 g/mol. The highest BCUT2D eigenvalue weighted by atomic mass is 16.3. The Hall–Kier alpha value is -2.62. The number of aromatic hydroxyl groups is 1. The van der Waals surface area contributed by atoms with Crippen molar-refractivity contribution in [1.82, 2.24) is 15.0 Å². The third-order valence-corrected chi connectivity index (χ3v) is 3.71. The van der Waals surface area contributed by atoms with Crippen LogP contribution in [-0.4, -0.2) is 20.1 Å². The number of phenolic OH excluding ortho intramolecular Hbond substituents is 1. The van der Waals surface area contributed by atoms with Crippen LogP contribution in [0.25, 0.3) is 11.3 Å². The molecular formula is C18H19N3O. The number of hydrogen-bond acceptors (Lipinski definition) is 3. The minimum atomic E-state index is 0.218. The molecule has 0 aliphatic carbocycles. The Kier molecular flexibility index (Phi) is 3.92.